The number of fused-ring (bicyclic) bond motifs is 5. The molecule has 4 aromatic rings. The van der Waals surface area contributed by atoms with E-state index in [-0.39, 0.29) is 76.8 Å². The van der Waals surface area contributed by atoms with Crippen LogP contribution in [0.15, 0.2) is 30.5 Å². The minimum Gasteiger partial charge on any atom is -0.508 e. The molecule has 4 aliphatic rings. The molecule has 12 nitrogen and oxygen atoms in total. The molecule has 0 radical (unpaired) electrons. The van der Waals surface area contributed by atoms with Crippen molar-refractivity contribution in [3.05, 3.63) is 47.7 Å². The normalized spacial score (nSPS) is 25.2. The Morgan fingerprint density at radius 3 is 2.60 bits per heavy atom. The maximum absolute atomic E-state index is 17.1. The van der Waals surface area contributed by atoms with Crippen LogP contribution in [0.5, 0.6) is 11.8 Å². The molecule has 2 aromatic carbocycles. The van der Waals surface area contributed by atoms with E-state index >= 15 is 4.39 Å². The first kappa shape index (κ1) is 36.8. The largest absolute Gasteiger partial charge is 0.508 e. The first-order valence-electron chi connectivity index (χ1n) is 18.6. The van der Waals surface area contributed by atoms with E-state index < -0.39 is 58.8 Å². The lowest BCUT2D eigenvalue weighted by Crippen LogP contribution is -2.60. The number of hydrogen-bond acceptors (Lipinski definition) is 10. The van der Waals surface area contributed by atoms with Crippen molar-refractivity contribution >= 4 is 39.4 Å². The number of carbonyl (C=O) groups excluding carboxylic acids is 1. The number of hydrogen-bond donors (Lipinski definition) is 3. The number of phenols is 1. The molecule has 2 aromatic heterocycles. The van der Waals surface area contributed by atoms with Gasteiger partial charge in [0.1, 0.15) is 47.5 Å². The molecule has 4 saturated heterocycles. The Bertz CT molecular complexity index is 2270. The number of nitrogens with zero attached hydrogens (tertiary/aromatic N) is 6. The van der Waals surface area contributed by atoms with E-state index in [4.69, 9.17) is 16.1 Å². The van der Waals surface area contributed by atoms with Crippen molar-refractivity contribution in [2.45, 2.75) is 82.3 Å². The number of halogens is 3. The summed E-state index contributed by atoms with van der Waals surface area (Å²) in [5.41, 5.74) is -2.71. The number of anilines is 1. The maximum atomic E-state index is 17.1. The zero-order chi connectivity index (χ0) is 39.0. The lowest BCUT2D eigenvalue weighted by Gasteiger charge is -2.44. The number of phenolic OH excluding ortho intramolecular Hbond substituents is 1. The van der Waals surface area contributed by atoms with Gasteiger partial charge in [-0.2, -0.15) is 9.97 Å². The number of carbonyl (C=O) groups is 2. The number of terminal acetylenes is 1. The summed E-state index contributed by atoms with van der Waals surface area (Å²) in [6.07, 6.45) is 7.43. The highest BCUT2D eigenvalue weighted by molar-refractivity contribution is 6.03. The van der Waals surface area contributed by atoms with Crippen molar-refractivity contribution in [2.75, 3.05) is 37.7 Å². The molecule has 2 bridgehead atoms. The predicted molar refractivity (Wildman–Crippen MR) is 196 cm³/mol. The van der Waals surface area contributed by atoms with Gasteiger partial charge < -0.3 is 29.9 Å². The van der Waals surface area contributed by atoms with Crippen LogP contribution in [0.25, 0.3) is 32.9 Å². The van der Waals surface area contributed by atoms with Crippen LogP contribution in [-0.4, -0.2) is 115 Å². The van der Waals surface area contributed by atoms with Crippen LogP contribution in [-0.2, 0) is 9.59 Å². The van der Waals surface area contributed by atoms with E-state index in [0.29, 0.717) is 31.2 Å². The number of pyridine rings is 1. The van der Waals surface area contributed by atoms with Crippen molar-refractivity contribution in [3.8, 4) is 35.4 Å². The van der Waals surface area contributed by atoms with Gasteiger partial charge in [-0.25, -0.2) is 13.2 Å². The zero-order valence-corrected chi connectivity index (χ0v) is 30.4. The highest BCUT2D eigenvalue weighted by Gasteiger charge is 2.52. The Hall–Kier alpha value is -5.20. The van der Waals surface area contributed by atoms with Crippen LogP contribution < -0.4 is 9.64 Å². The quantitative estimate of drug-likeness (QED) is 0.202. The summed E-state index contributed by atoms with van der Waals surface area (Å²) in [5, 5.41) is 32.3. The van der Waals surface area contributed by atoms with Gasteiger partial charge in [0.2, 0.25) is 0 Å². The number of aliphatic hydroxyl groups excluding tert-OH is 1. The number of aliphatic hydroxyl groups is 1. The summed E-state index contributed by atoms with van der Waals surface area (Å²) in [4.78, 5) is 45.1. The van der Waals surface area contributed by atoms with Crippen molar-refractivity contribution in [2.24, 2.45) is 5.41 Å². The van der Waals surface area contributed by atoms with E-state index in [1.807, 2.05) is 4.90 Å². The number of aromatic nitrogens is 3. The zero-order valence-electron chi connectivity index (χ0n) is 30.4. The molecule has 1 amide bonds. The van der Waals surface area contributed by atoms with E-state index in [0.717, 1.165) is 19.4 Å². The van der Waals surface area contributed by atoms with Gasteiger partial charge in [-0.05, 0) is 69.2 Å². The van der Waals surface area contributed by atoms with Crippen molar-refractivity contribution < 1.29 is 42.8 Å². The van der Waals surface area contributed by atoms with Gasteiger partial charge in [-0.15, -0.1) is 6.42 Å². The van der Waals surface area contributed by atoms with Gasteiger partial charge in [0.25, 0.3) is 5.91 Å². The van der Waals surface area contributed by atoms with Crippen LogP contribution in [0.1, 0.15) is 57.9 Å². The molecular formula is C40H41F3N6O6. The standard InChI is InChI=1S/C40H41F3N6O6/c1-4-26-29(42)10-7-21-13-25(50)14-27(30(21)26)32-31(43)33-28(16-44-32)35(46-38(45-33)55-20-40-11-6-12-48(40)17-22(41)15-40)47-18-23-8-9-24(19-47)49(23)36(52)34(51)39(3,5-2)37(53)54/h1,7,10,13-14,16,22-24,34,50-51H,5-6,8-9,11-12,15,17-20H2,2-3H3,(H,53,54)/t22-,23-,24+,34-,39-,40+/m1/s1. The number of carboxylic acids is 1. The summed E-state index contributed by atoms with van der Waals surface area (Å²) in [7, 11) is 0. The van der Waals surface area contributed by atoms with Crippen LogP contribution in [0.2, 0.25) is 0 Å². The number of piperazine rings is 1. The molecular weight excluding hydrogens is 717 g/mol. The van der Waals surface area contributed by atoms with E-state index in [9.17, 15) is 33.7 Å². The molecule has 0 unspecified atom stereocenters. The maximum Gasteiger partial charge on any atom is 0.319 e. The Labute approximate surface area is 314 Å². The average Bonchev–Trinajstić information content (AvgIpc) is 3.79. The van der Waals surface area contributed by atoms with Crippen LogP contribution in [0.3, 0.4) is 0 Å². The number of benzene rings is 2. The van der Waals surface area contributed by atoms with E-state index in [2.05, 4.69) is 20.8 Å². The molecule has 6 atom stereocenters. The van der Waals surface area contributed by atoms with Crippen LogP contribution in [0, 0.1) is 29.4 Å². The molecule has 0 saturated carbocycles. The molecule has 3 N–H and O–H groups in total. The molecule has 0 spiro atoms. The van der Waals surface area contributed by atoms with Gasteiger partial charge >= 0.3 is 12.0 Å². The summed E-state index contributed by atoms with van der Waals surface area (Å²) >= 11 is 0. The summed E-state index contributed by atoms with van der Waals surface area (Å²) < 4.78 is 52.9. The monoisotopic (exact) mass is 758 g/mol. The number of ether oxygens (including phenoxy) is 1. The fourth-order valence-electron chi connectivity index (χ4n) is 9.23. The number of aliphatic carboxylic acids is 1. The fourth-order valence-corrected chi connectivity index (χ4v) is 9.23. The van der Waals surface area contributed by atoms with Crippen LogP contribution in [0.4, 0.5) is 19.0 Å². The van der Waals surface area contributed by atoms with Crippen LogP contribution >= 0.6 is 0 Å². The van der Waals surface area contributed by atoms with Crippen molar-refractivity contribution in [3.63, 3.8) is 0 Å². The third-order valence-corrected chi connectivity index (χ3v) is 12.4. The van der Waals surface area contributed by atoms with Gasteiger partial charge in [-0.3, -0.25) is 19.5 Å². The molecule has 0 aliphatic carbocycles. The third kappa shape index (κ3) is 5.88. The Morgan fingerprint density at radius 2 is 1.91 bits per heavy atom. The third-order valence-electron chi connectivity index (χ3n) is 12.4. The Kier molecular flexibility index (Phi) is 9.04. The second-order valence-electron chi connectivity index (χ2n) is 15.5. The van der Waals surface area contributed by atoms with Gasteiger partial charge in [0, 0.05) is 55.3 Å². The number of rotatable bonds is 9. The number of alkyl halides is 1. The Balaban J connectivity index is 1.21. The summed E-state index contributed by atoms with van der Waals surface area (Å²) in [6.45, 7) is 4.53. The second kappa shape index (κ2) is 13.5. The average molecular weight is 759 g/mol. The minimum atomic E-state index is -1.76. The van der Waals surface area contributed by atoms with E-state index in [1.54, 1.807) is 11.8 Å². The molecule has 6 heterocycles. The fraction of sp³-hybridized carbons (Fsp3) is 0.475. The topological polar surface area (TPSA) is 152 Å². The first-order valence-corrected chi connectivity index (χ1v) is 18.6. The molecule has 55 heavy (non-hydrogen) atoms. The predicted octanol–water partition coefficient (Wildman–Crippen LogP) is 4.81. The molecule has 4 aliphatic heterocycles. The number of amides is 1. The lowest BCUT2D eigenvalue weighted by atomic mass is 9.80. The summed E-state index contributed by atoms with van der Waals surface area (Å²) in [5.74, 6) is -1.13. The number of carboxylic acid groups (broad SMARTS) is 1. The van der Waals surface area contributed by atoms with E-state index in [1.165, 1.54) is 37.4 Å². The van der Waals surface area contributed by atoms with Gasteiger partial charge in [0.05, 0.1) is 21.9 Å². The smallest absolute Gasteiger partial charge is 0.319 e. The lowest BCUT2D eigenvalue weighted by molar-refractivity contribution is -0.166. The molecule has 8 rings (SSSR count). The Morgan fingerprint density at radius 1 is 1.16 bits per heavy atom. The molecule has 4 fully saturated rings. The molecule has 15 heteroatoms. The minimum absolute atomic E-state index is 0.0448. The first-order chi connectivity index (χ1) is 26.3. The van der Waals surface area contributed by atoms with Gasteiger partial charge in [-0.1, -0.05) is 18.9 Å². The van der Waals surface area contributed by atoms with Gasteiger partial charge in [0.15, 0.2) is 5.82 Å². The SMILES string of the molecule is C#Cc1c(F)ccc2cc(O)cc(-c3ncc4c(N5C[C@H]6CC[C@@H](C5)N6C(=O)[C@@H](O)[C@@](C)(CC)C(=O)O)nc(OC[C@@]56CCCN5C[C@H](F)C6)nc4c3F)c12. The summed E-state index contributed by atoms with van der Waals surface area (Å²) in [6, 6.07) is 4.27. The van der Waals surface area contributed by atoms with Crippen molar-refractivity contribution in [1.82, 2.24) is 24.8 Å². The molecule has 288 valence electrons. The van der Waals surface area contributed by atoms with Crippen molar-refractivity contribution in [1.29, 1.82) is 0 Å². The second-order valence-corrected chi connectivity index (χ2v) is 15.5. The highest BCUT2D eigenvalue weighted by atomic mass is 19.1. The number of aromatic hydroxyl groups is 1. The highest BCUT2D eigenvalue weighted by Crippen LogP contribution is 2.43.